The number of carbonyl (C=O) groups is 3. The van der Waals surface area contributed by atoms with E-state index in [1.54, 1.807) is 18.2 Å². The number of alkyl halides is 1. The van der Waals surface area contributed by atoms with Crippen LogP contribution in [0, 0.1) is 10.1 Å². The van der Waals surface area contributed by atoms with Crippen LogP contribution in [0.3, 0.4) is 0 Å². The number of fused-ring (bicyclic) bond motifs is 1. The van der Waals surface area contributed by atoms with E-state index in [1.807, 2.05) is 0 Å². The molecule has 7 nitrogen and oxygen atoms in total. The summed E-state index contributed by atoms with van der Waals surface area (Å²) in [6.07, 6.45) is 0. The molecule has 0 saturated carbocycles. The summed E-state index contributed by atoms with van der Waals surface area (Å²) in [7, 11) is 0. The maximum absolute atomic E-state index is 13.0. The molecule has 1 heterocycles. The molecule has 2 aromatic carbocycles. The zero-order valence-corrected chi connectivity index (χ0v) is 15.5. The second-order valence-corrected chi connectivity index (χ2v) is 7.12. The summed E-state index contributed by atoms with van der Waals surface area (Å²) in [5.74, 6) is -1.75. The SMILES string of the molecule is O=C1C(Cl)=C(N2C(=O)C(Cl)C2c2cccc([N+](=O)[O-])c2)C(=O)c2ccccc21. The van der Waals surface area contributed by atoms with Crippen LogP contribution in [0.1, 0.15) is 32.3 Å². The van der Waals surface area contributed by atoms with E-state index in [2.05, 4.69) is 0 Å². The van der Waals surface area contributed by atoms with Crippen molar-refractivity contribution in [2.24, 2.45) is 0 Å². The number of nitro benzene ring substituents is 1. The van der Waals surface area contributed by atoms with Gasteiger partial charge in [0.2, 0.25) is 17.5 Å². The molecule has 1 aliphatic heterocycles. The first-order valence-corrected chi connectivity index (χ1v) is 8.94. The third-order valence-corrected chi connectivity index (χ3v) is 5.51. The summed E-state index contributed by atoms with van der Waals surface area (Å²) in [5.41, 5.74) is 0.213. The van der Waals surface area contributed by atoms with Crippen molar-refractivity contribution < 1.29 is 19.3 Å². The molecule has 1 aliphatic carbocycles. The highest BCUT2D eigenvalue weighted by Gasteiger charge is 2.52. The quantitative estimate of drug-likeness (QED) is 0.329. The number of carbonyl (C=O) groups excluding carboxylic acids is 3. The van der Waals surface area contributed by atoms with E-state index >= 15 is 0 Å². The fraction of sp³-hybridized carbons (Fsp3) is 0.105. The molecule has 1 amide bonds. The summed E-state index contributed by atoms with van der Waals surface area (Å²) in [6, 6.07) is 10.9. The third kappa shape index (κ3) is 2.55. The summed E-state index contributed by atoms with van der Waals surface area (Å²) < 4.78 is 0. The average molecular weight is 417 g/mol. The Morgan fingerprint density at radius 1 is 0.964 bits per heavy atom. The average Bonchev–Trinajstić information content (AvgIpc) is 2.71. The van der Waals surface area contributed by atoms with E-state index in [4.69, 9.17) is 23.2 Å². The number of hydrogen-bond acceptors (Lipinski definition) is 5. The topological polar surface area (TPSA) is 97.6 Å². The van der Waals surface area contributed by atoms with Gasteiger partial charge in [0.15, 0.2) is 0 Å². The van der Waals surface area contributed by atoms with Crippen molar-refractivity contribution in [2.45, 2.75) is 11.4 Å². The molecule has 2 atom stereocenters. The number of allylic oxidation sites excluding steroid dienone is 2. The van der Waals surface area contributed by atoms with Crippen molar-refractivity contribution in [3.8, 4) is 0 Å². The highest BCUT2D eigenvalue weighted by atomic mass is 35.5. The minimum Gasteiger partial charge on any atom is -0.296 e. The summed E-state index contributed by atoms with van der Waals surface area (Å²) in [5, 5.41) is 9.64. The lowest BCUT2D eigenvalue weighted by Crippen LogP contribution is -2.57. The normalized spacial score (nSPS) is 21.5. The number of benzene rings is 2. The first-order chi connectivity index (χ1) is 13.3. The number of Topliss-reactive ketones (excluding diaryl/α,β-unsaturated/α-hetero) is 2. The molecule has 0 bridgehead atoms. The van der Waals surface area contributed by atoms with Crippen LogP contribution in [0.2, 0.25) is 0 Å². The Balaban J connectivity index is 1.82. The molecule has 28 heavy (non-hydrogen) atoms. The molecule has 1 fully saturated rings. The number of halogens is 2. The first-order valence-electron chi connectivity index (χ1n) is 8.12. The molecule has 4 rings (SSSR count). The molecular formula is C19H10Cl2N2O5. The van der Waals surface area contributed by atoms with Crippen molar-refractivity contribution in [3.05, 3.63) is 86.1 Å². The number of amides is 1. The monoisotopic (exact) mass is 416 g/mol. The van der Waals surface area contributed by atoms with Crippen molar-refractivity contribution in [1.82, 2.24) is 4.90 Å². The van der Waals surface area contributed by atoms with Crippen molar-refractivity contribution in [2.75, 3.05) is 0 Å². The van der Waals surface area contributed by atoms with Crippen LogP contribution in [-0.2, 0) is 4.79 Å². The van der Waals surface area contributed by atoms with Crippen LogP contribution in [0.4, 0.5) is 5.69 Å². The Kier molecular flexibility index (Phi) is 4.28. The van der Waals surface area contributed by atoms with E-state index in [0.717, 1.165) is 4.90 Å². The van der Waals surface area contributed by atoms with Crippen LogP contribution >= 0.6 is 23.2 Å². The van der Waals surface area contributed by atoms with Gasteiger partial charge in [-0.05, 0) is 5.56 Å². The van der Waals surface area contributed by atoms with E-state index in [9.17, 15) is 24.5 Å². The standard InChI is InChI=1S/C19H10Cl2N2O5/c20-13-16(18(25)12-7-2-1-6-11(12)17(13)24)22-15(14(21)19(22)26)9-4-3-5-10(8-9)23(27)28/h1-8,14-15H. The van der Waals surface area contributed by atoms with Crippen LogP contribution in [0.5, 0.6) is 0 Å². The molecular weight excluding hydrogens is 407 g/mol. The lowest BCUT2D eigenvalue weighted by molar-refractivity contribution is -0.385. The molecule has 0 aromatic heterocycles. The number of rotatable bonds is 3. The molecule has 9 heteroatoms. The third-order valence-electron chi connectivity index (χ3n) is 4.73. The van der Waals surface area contributed by atoms with Gasteiger partial charge in [-0.1, -0.05) is 48.0 Å². The molecule has 0 N–H and O–H groups in total. The van der Waals surface area contributed by atoms with Crippen LogP contribution in [0.15, 0.2) is 59.3 Å². The number of ketones is 2. The molecule has 2 aromatic rings. The van der Waals surface area contributed by atoms with E-state index in [-0.39, 0.29) is 27.5 Å². The lowest BCUT2D eigenvalue weighted by Gasteiger charge is -2.45. The molecule has 140 valence electrons. The van der Waals surface area contributed by atoms with Gasteiger partial charge in [0.1, 0.15) is 16.1 Å². The Morgan fingerprint density at radius 2 is 1.61 bits per heavy atom. The van der Waals surface area contributed by atoms with Crippen LogP contribution < -0.4 is 0 Å². The molecule has 2 unspecified atom stereocenters. The van der Waals surface area contributed by atoms with Crippen molar-refractivity contribution in [3.63, 3.8) is 0 Å². The maximum atomic E-state index is 13.0. The van der Waals surface area contributed by atoms with Crippen LogP contribution in [0.25, 0.3) is 0 Å². The van der Waals surface area contributed by atoms with E-state index < -0.39 is 33.8 Å². The van der Waals surface area contributed by atoms with Gasteiger partial charge in [0.05, 0.1) is 11.0 Å². The Hall–Kier alpha value is -3.03. The summed E-state index contributed by atoms with van der Waals surface area (Å²) in [6.45, 7) is 0. The zero-order chi connectivity index (χ0) is 20.2. The smallest absolute Gasteiger partial charge is 0.269 e. The Morgan fingerprint density at radius 3 is 2.25 bits per heavy atom. The van der Waals surface area contributed by atoms with E-state index in [0.29, 0.717) is 5.56 Å². The number of nitro groups is 1. The molecule has 1 saturated heterocycles. The number of hydrogen-bond donors (Lipinski definition) is 0. The van der Waals surface area contributed by atoms with Gasteiger partial charge in [-0.2, -0.15) is 0 Å². The van der Waals surface area contributed by atoms with Crippen molar-refractivity contribution >= 4 is 46.4 Å². The lowest BCUT2D eigenvalue weighted by atomic mass is 9.86. The minimum atomic E-state index is -1.04. The fourth-order valence-electron chi connectivity index (χ4n) is 3.39. The van der Waals surface area contributed by atoms with Crippen molar-refractivity contribution in [1.29, 1.82) is 0 Å². The van der Waals surface area contributed by atoms with Gasteiger partial charge in [-0.3, -0.25) is 29.4 Å². The number of nitrogens with zero attached hydrogens (tertiary/aromatic N) is 2. The summed E-state index contributed by atoms with van der Waals surface area (Å²) in [4.78, 5) is 49.6. The Labute approximate surface area is 168 Å². The molecule has 0 spiro atoms. The second-order valence-electron chi connectivity index (χ2n) is 6.27. The van der Waals surface area contributed by atoms with Gasteiger partial charge >= 0.3 is 0 Å². The highest BCUT2D eigenvalue weighted by Crippen LogP contribution is 2.45. The predicted molar refractivity (Wildman–Crippen MR) is 100 cm³/mol. The largest absolute Gasteiger partial charge is 0.296 e. The Bertz CT molecular complexity index is 1110. The minimum absolute atomic E-state index is 0.135. The van der Waals surface area contributed by atoms with Gasteiger partial charge in [-0.15, -0.1) is 11.6 Å². The van der Waals surface area contributed by atoms with Crippen LogP contribution in [-0.4, -0.2) is 32.7 Å². The fourth-order valence-corrected chi connectivity index (χ4v) is 4.03. The number of non-ortho nitro benzene ring substituents is 1. The first kappa shape index (κ1) is 18.3. The highest BCUT2D eigenvalue weighted by molar-refractivity contribution is 6.50. The maximum Gasteiger partial charge on any atom is 0.269 e. The summed E-state index contributed by atoms with van der Waals surface area (Å²) >= 11 is 12.3. The number of β-lactam (4-membered cyclic amide) rings is 1. The van der Waals surface area contributed by atoms with E-state index in [1.165, 1.54) is 30.3 Å². The zero-order valence-electron chi connectivity index (χ0n) is 14.0. The molecule has 0 radical (unpaired) electrons. The van der Waals surface area contributed by atoms with Gasteiger partial charge in [-0.25, -0.2) is 0 Å². The second kappa shape index (κ2) is 6.54. The number of likely N-dealkylation sites (tertiary alicyclic amines) is 1. The van der Waals surface area contributed by atoms with Gasteiger partial charge in [0, 0.05) is 23.3 Å². The van der Waals surface area contributed by atoms with Gasteiger partial charge in [0.25, 0.3) is 5.69 Å². The predicted octanol–water partition coefficient (Wildman–Crippen LogP) is 3.62. The van der Waals surface area contributed by atoms with Gasteiger partial charge < -0.3 is 0 Å². The molecule has 2 aliphatic rings.